The molecule has 0 saturated carbocycles. The van der Waals surface area contributed by atoms with Gasteiger partial charge in [-0.3, -0.25) is 14.6 Å². The van der Waals surface area contributed by atoms with E-state index < -0.39 is 5.97 Å². The zero-order chi connectivity index (χ0) is 22.1. The molecular formula is C21H28N6O3. The van der Waals surface area contributed by atoms with Crippen molar-refractivity contribution in [1.82, 2.24) is 15.2 Å². The minimum Gasteiger partial charge on any atom is -0.481 e. The van der Waals surface area contributed by atoms with Crippen LogP contribution in [0.5, 0.6) is 0 Å². The number of rotatable bonds is 5. The number of aromatic nitrogens is 1. The number of fused-ring (bicyclic) bond motifs is 1. The molecule has 0 atom stereocenters. The zero-order valence-electron chi connectivity index (χ0n) is 17.5. The van der Waals surface area contributed by atoms with Crippen molar-refractivity contribution in [3.63, 3.8) is 0 Å². The first-order valence-corrected chi connectivity index (χ1v) is 9.51. The Bertz CT molecular complexity index is 912. The minimum atomic E-state index is -0.833. The molecule has 0 saturated heterocycles. The van der Waals surface area contributed by atoms with Crippen LogP contribution in [-0.2, 0) is 11.3 Å². The van der Waals surface area contributed by atoms with Crippen molar-refractivity contribution >= 4 is 35.8 Å². The van der Waals surface area contributed by atoms with Gasteiger partial charge in [-0.2, -0.15) is 0 Å². The Kier molecular flexibility index (Phi) is 8.30. The summed E-state index contributed by atoms with van der Waals surface area (Å²) in [6, 6.07) is 9.47. The lowest BCUT2D eigenvalue weighted by Crippen LogP contribution is -2.29. The van der Waals surface area contributed by atoms with E-state index in [2.05, 4.69) is 44.6 Å². The fourth-order valence-corrected chi connectivity index (χ4v) is 2.91. The van der Waals surface area contributed by atoms with Crippen LogP contribution in [0.4, 0.5) is 17.2 Å². The van der Waals surface area contributed by atoms with Gasteiger partial charge in [-0.15, -0.1) is 0 Å². The summed E-state index contributed by atoms with van der Waals surface area (Å²) in [5.74, 6) is -0.360. The summed E-state index contributed by atoms with van der Waals surface area (Å²) < 4.78 is 0. The summed E-state index contributed by atoms with van der Waals surface area (Å²) in [7, 11) is 2.08. The van der Waals surface area contributed by atoms with Crippen LogP contribution < -0.4 is 16.0 Å². The molecular weight excluding hydrogens is 384 g/mol. The molecule has 160 valence electrons. The fraction of sp³-hybridized carbons (Fsp3) is 0.333. The molecule has 9 nitrogen and oxygen atoms in total. The number of carbonyl (C=O) groups is 2. The topological polar surface area (TPSA) is 119 Å². The van der Waals surface area contributed by atoms with E-state index in [0.717, 1.165) is 43.5 Å². The molecule has 3 rings (SSSR count). The second-order valence-electron chi connectivity index (χ2n) is 6.89. The molecule has 30 heavy (non-hydrogen) atoms. The maximum absolute atomic E-state index is 12.5. The molecule has 2 aromatic rings. The van der Waals surface area contributed by atoms with Crippen LogP contribution in [0.1, 0.15) is 28.5 Å². The molecule has 1 aliphatic rings. The number of carboxylic acids is 1. The van der Waals surface area contributed by atoms with Crippen molar-refractivity contribution in [2.45, 2.75) is 20.4 Å². The second kappa shape index (κ2) is 10.9. The van der Waals surface area contributed by atoms with Crippen molar-refractivity contribution in [2.24, 2.45) is 4.99 Å². The highest BCUT2D eigenvalue weighted by Gasteiger charge is 2.14. The van der Waals surface area contributed by atoms with Gasteiger partial charge in [0, 0.05) is 43.5 Å². The molecule has 2 heterocycles. The lowest BCUT2D eigenvalue weighted by Gasteiger charge is -2.14. The van der Waals surface area contributed by atoms with Gasteiger partial charge in [0.15, 0.2) is 5.82 Å². The highest BCUT2D eigenvalue weighted by atomic mass is 16.4. The van der Waals surface area contributed by atoms with Crippen LogP contribution in [-0.4, -0.2) is 60.4 Å². The van der Waals surface area contributed by atoms with Crippen molar-refractivity contribution in [2.75, 3.05) is 37.4 Å². The Hall–Kier alpha value is -3.46. The molecule has 1 aromatic carbocycles. The van der Waals surface area contributed by atoms with Gasteiger partial charge in [0.2, 0.25) is 0 Å². The third-order valence-corrected chi connectivity index (χ3v) is 4.30. The Morgan fingerprint density at radius 2 is 2.07 bits per heavy atom. The van der Waals surface area contributed by atoms with Gasteiger partial charge < -0.3 is 26.0 Å². The Morgan fingerprint density at radius 3 is 2.77 bits per heavy atom. The SMILES string of the molecule is C=Nc1ccc(C)nc1NCNC(=O)c1ccc2c(c1)CN(C)CCN2.CC(=O)O. The highest BCUT2D eigenvalue weighted by molar-refractivity contribution is 5.95. The number of carboxylic acid groups (broad SMARTS) is 1. The molecule has 0 unspecified atom stereocenters. The molecule has 0 fully saturated rings. The van der Waals surface area contributed by atoms with E-state index in [1.54, 1.807) is 0 Å². The van der Waals surface area contributed by atoms with E-state index in [1.165, 1.54) is 0 Å². The number of aliphatic carboxylic acids is 1. The summed E-state index contributed by atoms with van der Waals surface area (Å²) in [4.78, 5) is 32.0. The summed E-state index contributed by atoms with van der Waals surface area (Å²) >= 11 is 0. The van der Waals surface area contributed by atoms with E-state index in [0.29, 0.717) is 17.1 Å². The maximum atomic E-state index is 12.5. The number of amides is 1. The number of nitrogens with zero attached hydrogens (tertiary/aromatic N) is 3. The quantitative estimate of drug-likeness (QED) is 0.440. The van der Waals surface area contributed by atoms with E-state index in [1.807, 2.05) is 37.3 Å². The average molecular weight is 412 g/mol. The maximum Gasteiger partial charge on any atom is 0.300 e. The van der Waals surface area contributed by atoms with E-state index in [-0.39, 0.29) is 12.6 Å². The predicted octanol–water partition coefficient (Wildman–Crippen LogP) is 2.47. The van der Waals surface area contributed by atoms with Crippen molar-refractivity contribution in [3.8, 4) is 0 Å². The fourth-order valence-electron chi connectivity index (χ4n) is 2.91. The smallest absolute Gasteiger partial charge is 0.300 e. The molecule has 0 aliphatic carbocycles. The number of hydrogen-bond acceptors (Lipinski definition) is 7. The van der Waals surface area contributed by atoms with Crippen LogP contribution in [0, 0.1) is 6.92 Å². The third kappa shape index (κ3) is 6.85. The lowest BCUT2D eigenvalue weighted by molar-refractivity contribution is -0.134. The predicted molar refractivity (Wildman–Crippen MR) is 119 cm³/mol. The van der Waals surface area contributed by atoms with E-state index in [9.17, 15) is 4.79 Å². The number of likely N-dealkylation sites (N-methyl/N-ethyl adjacent to an activating group) is 1. The lowest BCUT2D eigenvalue weighted by atomic mass is 10.1. The highest BCUT2D eigenvalue weighted by Crippen LogP contribution is 2.22. The molecule has 4 N–H and O–H groups in total. The van der Waals surface area contributed by atoms with E-state index in [4.69, 9.17) is 9.90 Å². The normalized spacial score (nSPS) is 12.9. The third-order valence-electron chi connectivity index (χ3n) is 4.30. The van der Waals surface area contributed by atoms with Gasteiger partial charge in [-0.1, -0.05) is 0 Å². The number of hydrogen-bond donors (Lipinski definition) is 4. The van der Waals surface area contributed by atoms with E-state index >= 15 is 0 Å². The standard InChI is InChI=1S/C19H24N6O.C2H4O2/c1-13-4-6-17(20-2)18(24-13)22-12-23-19(26)14-5-7-16-15(10-14)11-25(3)9-8-21-16;1-2(3)4/h4-7,10,21H,2,8-9,11-12H2,1,3H3,(H,22,24)(H,23,26);1H3,(H,3,4). The number of pyridine rings is 1. The minimum absolute atomic E-state index is 0.132. The summed E-state index contributed by atoms with van der Waals surface area (Å²) in [5, 5.41) is 16.8. The van der Waals surface area contributed by atoms with Crippen molar-refractivity contribution in [1.29, 1.82) is 0 Å². The summed E-state index contributed by atoms with van der Waals surface area (Å²) in [5.41, 5.74) is 4.39. The largest absolute Gasteiger partial charge is 0.481 e. The van der Waals surface area contributed by atoms with Gasteiger partial charge in [0.05, 0.1) is 6.67 Å². The van der Waals surface area contributed by atoms with Gasteiger partial charge >= 0.3 is 0 Å². The Balaban J connectivity index is 0.000000735. The first kappa shape index (κ1) is 22.8. The van der Waals surface area contributed by atoms with Gasteiger partial charge in [0.25, 0.3) is 11.9 Å². The molecule has 1 amide bonds. The number of anilines is 2. The van der Waals surface area contributed by atoms with Crippen LogP contribution in [0.3, 0.4) is 0 Å². The molecule has 1 aromatic heterocycles. The van der Waals surface area contributed by atoms with Crippen LogP contribution >= 0.6 is 0 Å². The Labute approximate surface area is 176 Å². The van der Waals surface area contributed by atoms with Crippen LogP contribution in [0.25, 0.3) is 0 Å². The second-order valence-corrected chi connectivity index (χ2v) is 6.89. The number of nitrogens with one attached hydrogen (secondary N) is 3. The van der Waals surface area contributed by atoms with Gasteiger partial charge in [0.1, 0.15) is 5.69 Å². The average Bonchev–Trinajstić information content (AvgIpc) is 2.87. The molecule has 1 aliphatic heterocycles. The summed E-state index contributed by atoms with van der Waals surface area (Å²) in [6.45, 7) is 9.48. The number of benzene rings is 1. The van der Waals surface area contributed by atoms with Crippen LogP contribution in [0.15, 0.2) is 35.3 Å². The Morgan fingerprint density at radius 1 is 1.33 bits per heavy atom. The molecule has 0 radical (unpaired) electrons. The van der Waals surface area contributed by atoms with Gasteiger partial charge in [-0.05, 0) is 56.6 Å². The number of aliphatic imine (C=N–C) groups is 1. The summed E-state index contributed by atoms with van der Waals surface area (Å²) in [6.07, 6.45) is 0. The monoisotopic (exact) mass is 412 g/mol. The number of carbonyl (C=O) groups excluding carboxylic acids is 1. The molecule has 9 heteroatoms. The zero-order valence-corrected chi connectivity index (χ0v) is 17.5. The van der Waals surface area contributed by atoms with Crippen molar-refractivity contribution in [3.05, 3.63) is 47.2 Å². The number of aryl methyl sites for hydroxylation is 1. The first-order chi connectivity index (χ1) is 14.3. The van der Waals surface area contributed by atoms with Crippen molar-refractivity contribution < 1.29 is 14.7 Å². The van der Waals surface area contributed by atoms with Gasteiger partial charge in [-0.25, -0.2) is 4.98 Å². The molecule has 0 spiro atoms. The first-order valence-electron chi connectivity index (χ1n) is 9.51. The molecule has 0 bridgehead atoms. The van der Waals surface area contributed by atoms with Crippen LogP contribution in [0.2, 0.25) is 0 Å².